The van der Waals surface area contributed by atoms with Crippen molar-refractivity contribution in [3.63, 3.8) is 0 Å². The lowest BCUT2D eigenvalue weighted by molar-refractivity contribution is -0.111. The quantitative estimate of drug-likeness (QED) is 0.309. The van der Waals surface area contributed by atoms with Crippen LogP contribution >= 0.6 is 22.9 Å². The van der Waals surface area contributed by atoms with Gasteiger partial charge in [-0.2, -0.15) is 0 Å². The van der Waals surface area contributed by atoms with Crippen molar-refractivity contribution < 1.29 is 14.3 Å². The second-order valence-corrected chi connectivity index (χ2v) is 8.54. The van der Waals surface area contributed by atoms with Crippen LogP contribution in [0, 0.1) is 0 Å². The number of carbonyl (C=O) groups is 2. The molecule has 6 heteroatoms. The summed E-state index contributed by atoms with van der Waals surface area (Å²) in [5.41, 5.74) is 4.04. The number of nitrogens with one attached hydrogen (secondary N) is 1. The maximum absolute atomic E-state index is 12.6. The van der Waals surface area contributed by atoms with E-state index in [4.69, 9.17) is 16.3 Å². The highest BCUT2D eigenvalue weighted by Crippen LogP contribution is 2.36. The predicted octanol–water partition coefficient (Wildman–Crippen LogP) is 7.02. The molecule has 0 bridgehead atoms. The first kappa shape index (κ1) is 22.8. The molecule has 0 spiro atoms. The zero-order valence-electron chi connectivity index (χ0n) is 17.6. The summed E-state index contributed by atoms with van der Waals surface area (Å²) in [6.45, 7) is 6.27. The van der Waals surface area contributed by atoms with Crippen molar-refractivity contribution in [1.29, 1.82) is 0 Å². The zero-order chi connectivity index (χ0) is 22.4. The maximum Gasteiger partial charge on any atom is 0.341 e. The van der Waals surface area contributed by atoms with E-state index in [0.29, 0.717) is 27.1 Å². The van der Waals surface area contributed by atoms with Gasteiger partial charge in [0.2, 0.25) is 5.91 Å². The first-order valence-electron chi connectivity index (χ1n) is 10.0. The molecule has 3 rings (SSSR count). The van der Waals surface area contributed by atoms with E-state index in [1.54, 1.807) is 25.1 Å². The Hall–Kier alpha value is -2.89. The van der Waals surface area contributed by atoms with Gasteiger partial charge in [-0.15, -0.1) is 11.3 Å². The van der Waals surface area contributed by atoms with Crippen LogP contribution in [-0.2, 0) is 9.53 Å². The van der Waals surface area contributed by atoms with Gasteiger partial charge >= 0.3 is 5.97 Å². The highest BCUT2D eigenvalue weighted by Gasteiger charge is 2.22. The number of benzene rings is 2. The molecule has 1 N–H and O–H groups in total. The number of rotatable bonds is 7. The molecule has 0 unspecified atom stereocenters. The second kappa shape index (κ2) is 10.4. The monoisotopic (exact) mass is 453 g/mol. The Kier molecular flexibility index (Phi) is 7.66. The minimum atomic E-state index is -0.475. The van der Waals surface area contributed by atoms with E-state index in [-0.39, 0.29) is 12.5 Å². The SMILES string of the molecule is CCOC(=O)c1c(-c2ccc(Cl)cc2)csc1NC(=O)/C=C/c1ccc(C(C)C)cc1. The van der Waals surface area contributed by atoms with E-state index in [1.807, 2.05) is 29.6 Å². The average Bonchev–Trinajstić information content (AvgIpc) is 3.16. The van der Waals surface area contributed by atoms with Gasteiger partial charge in [-0.3, -0.25) is 4.79 Å². The van der Waals surface area contributed by atoms with Gasteiger partial charge in [0.05, 0.1) is 6.61 Å². The molecule has 1 heterocycles. The van der Waals surface area contributed by atoms with Crippen molar-refractivity contribution in [1.82, 2.24) is 0 Å². The number of esters is 1. The van der Waals surface area contributed by atoms with Crippen LogP contribution in [-0.4, -0.2) is 18.5 Å². The maximum atomic E-state index is 12.6. The van der Waals surface area contributed by atoms with Gasteiger partial charge < -0.3 is 10.1 Å². The fourth-order valence-corrected chi connectivity index (χ4v) is 4.10. The van der Waals surface area contributed by atoms with E-state index >= 15 is 0 Å². The van der Waals surface area contributed by atoms with Crippen molar-refractivity contribution in [2.75, 3.05) is 11.9 Å². The number of amides is 1. The summed E-state index contributed by atoms with van der Waals surface area (Å²) < 4.78 is 5.23. The molecule has 2 aromatic carbocycles. The molecule has 0 fully saturated rings. The summed E-state index contributed by atoms with van der Waals surface area (Å²) >= 11 is 7.27. The summed E-state index contributed by atoms with van der Waals surface area (Å²) in [7, 11) is 0. The summed E-state index contributed by atoms with van der Waals surface area (Å²) in [5.74, 6) is -0.337. The van der Waals surface area contributed by atoms with Gasteiger partial charge in [0, 0.05) is 22.0 Å². The molecule has 0 saturated heterocycles. The molecule has 0 saturated carbocycles. The smallest absolute Gasteiger partial charge is 0.341 e. The van der Waals surface area contributed by atoms with Crippen molar-refractivity contribution in [2.24, 2.45) is 0 Å². The van der Waals surface area contributed by atoms with Crippen LogP contribution < -0.4 is 5.32 Å². The van der Waals surface area contributed by atoms with Crippen LogP contribution in [0.1, 0.15) is 48.2 Å². The van der Waals surface area contributed by atoms with E-state index in [1.165, 1.54) is 23.0 Å². The third-order valence-corrected chi connectivity index (χ3v) is 5.84. The van der Waals surface area contributed by atoms with Gasteiger partial charge in [0.15, 0.2) is 0 Å². The molecule has 0 atom stereocenters. The van der Waals surface area contributed by atoms with Crippen molar-refractivity contribution in [3.05, 3.63) is 81.7 Å². The molecule has 1 amide bonds. The topological polar surface area (TPSA) is 55.4 Å². The fourth-order valence-electron chi connectivity index (χ4n) is 3.02. The second-order valence-electron chi connectivity index (χ2n) is 7.22. The zero-order valence-corrected chi connectivity index (χ0v) is 19.2. The Morgan fingerprint density at radius 2 is 1.77 bits per heavy atom. The van der Waals surface area contributed by atoms with Crippen molar-refractivity contribution in [2.45, 2.75) is 26.7 Å². The summed E-state index contributed by atoms with van der Waals surface area (Å²) in [6, 6.07) is 15.3. The number of ether oxygens (including phenoxy) is 1. The molecule has 3 aromatic rings. The third kappa shape index (κ3) is 5.84. The summed E-state index contributed by atoms with van der Waals surface area (Å²) in [4.78, 5) is 25.1. The fraction of sp³-hybridized carbons (Fsp3) is 0.200. The number of halogens is 1. The van der Waals surface area contributed by atoms with Crippen LogP contribution in [0.4, 0.5) is 5.00 Å². The van der Waals surface area contributed by atoms with Gasteiger partial charge in [-0.1, -0.05) is 61.8 Å². The number of thiophene rings is 1. The van der Waals surface area contributed by atoms with Crippen LogP contribution in [0.2, 0.25) is 5.02 Å². The third-order valence-electron chi connectivity index (χ3n) is 4.69. The highest BCUT2D eigenvalue weighted by molar-refractivity contribution is 7.15. The largest absolute Gasteiger partial charge is 0.462 e. The average molecular weight is 454 g/mol. The van der Waals surface area contributed by atoms with E-state index in [0.717, 1.165) is 11.1 Å². The van der Waals surface area contributed by atoms with Gasteiger partial charge in [-0.05, 0) is 47.7 Å². The summed E-state index contributed by atoms with van der Waals surface area (Å²) in [6.07, 6.45) is 3.21. The Morgan fingerprint density at radius 1 is 1.10 bits per heavy atom. The number of anilines is 1. The Bertz CT molecular complexity index is 1080. The Balaban J connectivity index is 1.82. The minimum absolute atomic E-state index is 0.244. The first-order chi connectivity index (χ1) is 14.9. The van der Waals surface area contributed by atoms with Crippen molar-refractivity contribution in [3.8, 4) is 11.1 Å². The highest BCUT2D eigenvalue weighted by atomic mass is 35.5. The van der Waals surface area contributed by atoms with Crippen LogP contribution in [0.3, 0.4) is 0 Å². The van der Waals surface area contributed by atoms with E-state index < -0.39 is 5.97 Å². The molecule has 31 heavy (non-hydrogen) atoms. The molecular formula is C25H24ClNO3S. The van der Waals surface area contributed by atoms with Gasteiger partial charge in [-0.25, -0.2) is 4.79 Å². The molecule has 0 aliphatic heterocycles. The number of hydrogen-bond acceptors (Lipinski definition) is 4. The molecule has 0 aliphatic carbocycles. The number of hydrogen-bond donors (Lipinski definition) is 1. The van der Waals surface area contributed by atoms with Crippen LogP contribution in [0.5, 0.6) is 0 Å². The molecule has 0 radical (unpaired) electrons. The lowest BCUT2D eigenvalue weighted by Crippen LogP contribution is -2.12. The molecule has 1 aromatic heterocycles. The lowest BCUT2D eigenvalue weighted by atomic mass is 10.0. The van der Waals surface area contributed by atoms with Crippen molar-refractivity contribution >= 4 is 45.9 Å². The summed E-state index contributed by atoms with van der Waals surface area (Å²) in [5, 5.41) is 5.71. The van der Waals surface area contributed by atoms with Gasteiger partial charge in [0.25, 0.3) is 0 Å². The first-order valence-corrected chi connectivity index (χ1v) is 11.3. The standard InChI is InChI=1S/C25H24ClNO3S/c1-4-30-25(29)23-21(19-10-12-20(26)13-11-19)15-31-24(23)27-22(28)14-7-17-5-8-18(9-6-17)16(2)3/h5-16H,4H2,1-3H3,(H,27,28)/b14-7+. The Morgan fingerprint density at radius 3 is 2.39 bits per heavy atom. The molecule has 160 valence electrons. The Labute approximate surface area is 191 Å². The molecule has 4 nitrogen and oxygen atoms in total. The van der Waals surface area contributed by atoms with Crippen LogP contribution in [0.25, 0.3) is 17.2 Å². The van der Waals surface area contributed by atoms with E-state index in [9.17, 15) is 9.59 Å². The normalized spacial score (nSPS) is 11.1. The van der Waals surface area contributed by atoms with Crippen LogP contribution in [0.15, 0.2) is 60.0 Å². The lowest BCUT2D eigenvalue weighted by Gasteiger charge is -2.08. The molecule has 0 aliphatic rings. The molecular weight excluding hydrogens is 430 g/mol. The van der Waals surface area contributed by atoms with E-state index in [2.05, 4.69) is 31.3 Å². The predicted molar refractivity (Wildman–Crippen MR) is 129 cm³/mol. The number of carbonyl (C=O) groups excluding carboxylic acids is 2. The minimum Gasteiger partial charge on any atom is -0.462 e. The van der Waals surface area contributed by atoms with Gasteiger partial charge in [0.1, 0.15) is 10.6 Å².